The number of benzene rings is 2. The zero-order valence-corrected chi connectivity index (χ0v) is 18.5. The zero-order valence-electron chi connectivity index (χ0n) is 16.9. The molecule has 2 aromatic carbocycles. The Morgan fingerprint density at radius 2 is 1.87 bits per heavy atom. The topological polar surface area (TPSA) is 77.1 Å². The Morgan fingerprint density at radius 3 is 2.53 bits per heavy atom. The molecule has 2 aromatic rings. The van der Waals surface area contributed by atoms with Gasteiger partial charge in [-0.3, -0.25) is 4.90 Å². The first kappa shape index (κ1) is 23.0. The lowest BCUT2D eigenvalue weighted by atomic mass is 10.1. The van der Waals surface area contributed by atoms with Crippen molar-refractivity contribution in [2.45, 2.75) is 10.9 Å². The number of nitrogens with one attached hydrogen (secondary N) is 1. The van der Waals surface area contributed by atoms with Crippen LogP contribution in [0.3, 0.4) is 0 Å². The molecule has 1 saturated heterocycles. The molecule has 0 spiro atoms. The number of hydrogen-bond acceptors (Lipinski definition) is 6. The van der Waals surface area contributed by atoms with Crippen molar-refractivity contribution in [2.75, 3.05) is 53.2 Å². The van der Waals surface area contributed by atoms with E-state index in [2.05, 4.69) is 9.62 Å². The van der Waals surface area contributed by atoms with E-state index in [1.165, 1.54) is 12.1 Å². The molecule has 0 aliphatic carbocycles. The minimum Gasteiger partial charge on any atom is -0.491 e. The molecule has 1 aliphatic rings. The first-order valence-electron chi connectivity index (χ1n) is 9.78. The van der Waals surface area contributed by atoms with Gasteiger partial charge in [0.1, 0.15) is 12.4 Å². The molecule has 1 fully saturated rings. The van der Waals surface area contributed by atoms with E-state index in [4.69, 9.17) is 25.8 Å². The van der Waals surface area contributed by atoms with Gasteiger partial charge in [-0.1, -0.05) is 23.7 Å². The van der Waals surface area contributed by atoms with E-state index in [1.807, 2.05) is 24.3 Å². The van der Waals surface area contributed by atoms with Gasteiger partial charge in [-0.15, -0.1) is 0 Å². The fraction of sp³-hybridized carbons (Fsp3) is 0.429. The Labute approximate surface area is 182 Å². The van der Waals surface area contributed by atoms with Crippen molar-refractivity contribution >= 4 is 21.6 Å². The summed E-state index contributed by atoms with van der Waals surface area (Å²) in [6.45, 7) is 3.80. The van der Waals surface area contributed by atoms with E-state index in [-0.39, 0.29) is 17.5 Å². The number of ether oxygens (including phenoxy) is 3. The average molecular weight is 455 g/mol. The Balaban J connectivity index is 1.70. The van der Waals surface area contributed by atoms with Gasteiger partial charge < -0.3 is 14.2 Å². The van der Waals surface area contributed by atoms with Gasteiger partial charge in [-0.05, 0) is 42.0 Å². The van der Waals surface area contributed by atoms with E-state index in [1.54, 1.807) is 19.2 Å². The molecule has 1 heterocycles. The van der Waals surface area contributed by atoms with Gasteiger partial charge in [0.05, 0.1) is 24.7 Å². The smallest absolute Gasteiger partial charge is 0.240 e. The largest absolute Gasteiger partial charge is 0.491 e. The van der Waals surface area contributed by atoms with Gasteiger partial charge in [-0.2, -0.15) is 0 Å². The van der Waals surface area contributed by atoms with Gasteiger partial charge in [0.25, 0.3) is 0 Å². The lowest BCUT2D eigenvalue weighted by Gasteiger charge is -2.35. The molecule has 0 aromatic heterocycles. The standard InChI is InChI=1S/C21H27ClN2O5S/c1-27-13-14-29-19-5-7-20(8-6-19)30(25,26)23-16-21(24-9-11-28-12-10-24)17-3-2-4-18(22)15-17/h2-8,15,21,23H,9-14,16H2,1H3. The number of rotatable bonds is 10. The second-order valence-electron chi connectivity index (χ2n) is 6.88. The summed E-state index contributed by atoms with van der Waals surface area (Å²) in [6.07, 6.45) is 0. The van der Waals surface area contributed by atoms with E-state index < -0.39 is 10.0 Å². The summed E-state index contributed by atoms with van der Waals surface area (Å²) in [5, 5.41) is 0.623. The highest BCUT2D eigenvalue weighted by atomic mass is 35.5. The maximum absolute atomic E-state index is 12.8. The van der Waals surface area contributed by atoms with Crippen LogP contribution in [-0.4, -0.2) is 66.5 Å². The Hall–Kier alpha value is -1.68. The molecule has 0 radical (unpaired) electrons. The van der Waals surface area contributed by atoms with Gasteiger partial charge >= 0.3 is 0 Å². The zero-order chi connectivity index (χ0) is 21.4. The van der Waals surface area contributed by atoms with Crippen molar-refractivity contribution < 1.29 is 22.6 Å². The molecular weight excluding hydrogens is 428 g/mol. The number of methoxy groups -OCH3 is 1. The number of halogens is 1. The maximum Gasteiger partial charge on any atom is 0.240 e. The minimum atomic E-state index is -3.68. The minimum absolute atomic E-state index is 0.140. The summed E-state index contributed by atoms with van der Waals surface area (Å²) >= 11 is 6.17. The lowest BCUT2D eigenvalue weighted by molar-refractivity contribution is 0.0172. The van der Waals surface area contributed by atoms with Crippen molar-refractivity contribution in [2.24, 2.45) is 0 Å². The van der Waals surface area contributed by atoms with Crippen LogP contribution in [0, 0.1) is 0 Å². The second kappa shape index (κ2) is 11.1. The summed E-state index contributed by atoms with van der Waals surface area (Å²) in [4.78, 5) is 2.40. The Kier molecular flexibility index (Phi) is 8.50. The summed E-state index contributed by atoms with van der Waals surface area (Å²) < 4.78 is 44.3. The maximum atomic E-state index is 12.8. The van der Waals surface area contributed by atoms with E-state index in [0.29, 0.717) is 37.2 Å². The number of nitrogens with zero attached hydrogens (tertiary/aromatic N) is 1. The first-order chi connectivity index (χ1) is 14.5. The molecule has 0 amide bonds. The van der Waals surface area contributed by atoms with E-state index in [9.17, 15) is 8.42 Å². The predicted molar refractivity (Wildman–Crippen MR) is 116 cm³/mol. The molecule has 1 atom stereocenters. The molecule has 1 N–H and O–H groups in total. The van der Waals surface area contributed by atoms with Crippen LogP contribution in [0.1, 0.15) is 11.6 Å². The normalized spacial score (nSPS) is 16.3. The molecule has 1 aliphatic heterocycles. The molecule has 7 nitrogen and oxygen atoms in total. The van der Waals surface area contributed by atoms with Gasteiger partial charge in [0.2, 0.25) is 10.0 Å². The molecule has 3 rings (SSSR count). The summed E-state index contributed by atoms with van der Waals surface area (Å²) in [5.74, 6) is 0.594. The third-order valence-corrected chi connectivity index (χ3v) is 6.55. The highest BCUT2D eigenvalue weighted by Gasteiger charge is 2.25. The molecule has 1 unspecified atom stereocenters. The number of sulfonamides is 1. The van der Waals surface area contributed by atoms with E-state index >= 15 is 0 Å². The monoisotopic (exact) mass is 454 g/mol. The lowest BCUT2D eigenvalue weighted by Crippen LogP contribution is -2.43. The number of hydrogen-bond donors (Lipinski definition) is 1. The summed E-state index contributed by atoms with van der Waals surface area (Å²) in [6, 6.07) is 13.7. The van der Waals surface area contributed by atoms with Crippen molar-refractivity contribution in [3.8, 4) is 5.75 Å². The fourth-order valence-electron chi connectivity index (χ4n) is 3.29. The van der Waals surface area contributed by atoms with Crippen molar-refractivity contribution in [3.63, 3.8) is 0 Å². The highest BCUT2D eigenvalue weighted by molar-refractivity contribution is 7.89. The first-order valence-corrected chi connectivity index (χ1v) is 11.6. The predicted octanol–water partition coefficient (Wildman–Crippen LogP) is 2.72. The van der Waals surface area contributed by atoms with Gasteiger partial charge in [0, 0.05) is 37.8 Å². The van der Waals surface area contributed by atoms with Crippen LogP contribution in [0.25, 0.3) is 0 Å². The second-order valence-corrected chi connectivity index (χ2v) is 9.09. The van der Waals surface area contributed by atoms with Gasteiger partial charge in [0.15, 0.2) is 0 Å². The van der Waals surface area contributed by atoms with Crippen LogP contribution in [-0.2, 0) is 19.5 Å². The van der Waals surface area contributed by atoms with Crippen LogP contribution in [0.15, 0.2) is 53.4 Å². The van der Waals surface area contributed by atoms with Crippen molar-refractivity contribution in [3.05, 3.63) is 59.1 Å². The third kappa shape index (κ3) is 6.41. The number of morpholine rings is 1. The fourth-order valence-corrected chi connectivity index (χ4v) is 4.53. The van der Waals surface area contributed by atoms with Crippen LogP contribution >= 0.6 is 11.6 Å². The van der Waals surface area contributed by atoms with Crippen LogP contribution in [0.4, 0.5) is 0 Å². The average Bonchev–Trinajstić information content (AvgIpc) is 2.75. The Morgan fingerprint density at radius 1 is 1.13 bits per heavy atom. The molecular formula is C21H27ClN2O5S. The molecule has 30 heavy (non-hydrogen) atoms. The van der Waals surface area contributed by atoms with Crippen molar-refractivity contribution in [1.29, 1.82) is 0 Å². The SMILES string of the molecule is COCCOc1ccc(S(=O)(=O)NCC(c2cccc(Cl)c2)N2CCOCC2)cc1. The molecule has 9 heteroatoms. The van der Waals surface area contributed by atoms with Crippen LogP contribution in [0.5, 0.6) is 5.75 Å². The Bertz CT molecular complexity index is 902. The van der Waals surface area contributed by atoms with Crippen LogP contribution in [0.2, 0.25) is 5.02 Å². The molecule has 0 bridgehead atoms. The third-order valence-electron chi connectivity index (χ3n) is 4.88. The van der Waals surface area contributed by atoms with E-state index in [0.717, 1.165) is 18.7 Å². The molecule has 164 valence electrons. The van der Waals surface area contributed by atoms with Gasteiger partial charge in [-0.25, -0.2) is 13.1 Å². The highest BCUT2D eigenvalue weighted by Crippen LogP contribution is 2.25. The summed E-state index contributed by atoms with van der Waals surface area (Å²) in [5.41, 5.74) is 0.967. The quantitative estimate of drug-likeness (QED) is 0.556. The van der Waals surface area contributed by atoms with Crippen molar-refractivity contribution in [1.82, 2.24) is 9.62 Å². The molecule has 0 saturated carbocycles. The summed E-state index contributed by atoms with van der Waals surface area (Å²) in [7, 11) is -2.08. The van der Waals surface area contributed by atoms with Crippen LogP contribution < -0.4 is 9.46 Å².